The van der Waals surface area contributed by atoms with Crippen molar-refractivity contribution >= 4 is 23.3 Å². The lowest BCUT2D eigenvalue weighted by atomic mass is 10.1. The fourth-order valence-electron chi connectivity index (χ4n) is 2.68. The largest absolute Gasteiger partial charge is 0.497 e. The van der Waals surface area contributed by atoms with Gasteiger partial charge >= 0.3 is 0 Å². The lowest BCUT2D eigenvalue weighted by Gasteiger charge is -2.11. The standard InChI is InChI=1S/C19H18ClN3O3/c1-11-17(12-5-4-6-13(20)9-12)18(23-22-11)21-19(24)15-8-7-14(25-2)10-16(15)26-3/h4-10H,1-3H3,(H2,21,22,23,24). The van der Waals surface area contributed by atoms with Crippen LogP contribution in [0.4, 0.5) is 5.82 Å². The van der Waals surface area contributed by atoms with Crippen molar-refractivity contribution in [1.82, 2.24) is 10.2 Å². The normalized spacial score (nSPS) is 10.5. The van der Waals surface area contributed by atoms with Crippen LogP contribution in [0.2, 0.25) is 5.02 Å². The first-order valence-corrected chi connectivity index (χ1v) is 8.25. The predicted molar refractivity (Wildman–Crippen MR) is 101 cm³/mol. The van der Waals surface area contributed by atoms with E-state index in [9.17, 15) is 4.79 Å². The Labute approximate surface area is 156 Å². The summed E-state index contributed by atoms with van der Waals surface area (Å²) >= 11 is 6.09. The van der Waals surface area contributed by atoms with Crippen LogP contribution < -0.4 is 14.8 Å². The van der Waals surface area contributed by atoms with Crippen LogP contribution in [0.15, 0.2) is 42.5 Å². The van der Waals surface area contributed by atoms with Gasteiger partial charge in [0.05, 0.1) is 19.8 Å². The number of ether oxygens (including phenoxy) is 2. The van der Waals surface area contributed by atoms with Crippen molar-refractivity contribution in [1.29, 1.82) is 0 Å². The number of rotatable bonds is 5. The maximum Gasteiger partial charge on any atom is 0.260 e. The van der Waals surface area contributed by atoms with Gasteiger partial charge in [0.2, 0.25) is 0 Å². The number of methoxy groups -OCH3 is 2. The van der Waals surface area contributed by atoms with Crippen LogP contribution in [-0.4, -0.2) is 30.3 Å². The summed E-state index contributed by atoms with van der Waals surface area (Å²) in [6.45, 7) is 1.88. The lowest BCUT2D eigenvalue weighted by Crippen LogP contribution is -2.14. The van der Waals surface area contributed by atoms with Crippen molar-refractivity contribution in [2.24, 2.45) is 0 Å². The number of nitrogens with one attached hydrogen (secondary N) is 2. The molecule has 0 aliphatic heterocycles. The van der Waals surface area contributed by atoms with Gasteiger partial charge in [-0.3, -0.25) is 9.89 Å². The average molecular weight is 372 g/mol. The number of halogens is 1. The second-order valence-corrected chi connectivity index (χ2v) is 6.04. The molecule has 0 atom stereocenters. The third-order valence-electron chi connectivity index (χ3n) is 3.95. The molecule has 1 heterocycles. The number of H-pyrrole nitrogens is 1. The molecule has 7 heteroatoms. The van der Waals surface area contributed by atoms with Crippen LogP contribution in [0.1, 0.15) is 16.1 Å². The first kappa shape index (κ1) is 17.8. The van der Waals surface area contributed by atoms with E-state index in [0.717, 1.165) is 16.8 Å². The molecule has 1 amide bonds. The van der Waals surface area contributed by atoms with Crippen LogP contribution in [0.25, 0.3) is 11.1 Å². The molecule has 26 heavy (non-hydrogen) atoms. The van der Waals surface area contributed by atoms with E-state index in [4.69, 9.17) is 21.1 Å². The number of aromatic nitrogens is 2. The fraction of sp³-hybridized carbons (Fsp3) is 0.158. The maximum atomic E-state index is 12.7. The summed E-state index contributed by atoms with van der Waals surface area (Å²) < 4.78 is 10.5. The van der Waals surface area contributed by atoms with Crippen molar-refractivity contribution in [3.8, 4) is 22.6 Å². The van der Waals surface area contributed by atoms with E-state index in [0.29, 0.717) is 27.9 Å². The van der Waals surface area contributed by atoms with Crippen molar-refractivity contribution in [3.63, 3.8) is 0 Å². The summed E-state index contributed by atoms with van der Waals surface area (Å²) in [5.74, 6) is 1.11. The summed E-state index contributed by atoms with van der Waals surface area (Å²) in [5.41, 5.74) is 2.85. The number of nitrogens with zero attached hydrogens (tertiary/aromatic N) is 1. The molecular formula is C19H18ClN3O3. The molecule has 2 N–H and O–H groups in total. The topological polar surface area (TPSA) is 76.2 Å². The van der Waals surface area contributed by atoms with Gasteiger partial charge in [0.1, 0.15) is 11.5 Å². The number of benzene rings is 2. The Morgan fingerprint density at radius 3 is 2.65 bits per heavy atom. The summed E-state index contributed by atoms with van der Waals surface area (Å²) in [6, 6.07) is 12.4. The number of carbonyl (C=O) groups is 1. The highest BCUT2D eigenvalue weighted by molar-refractivity contribution is 6.30. The second kappa shape index (κ2) is 7.49. The van der Waals surface area contributed by atoms with Crippen LogP contribution in [0, 0.1) is 6.92 Å². The van der Waals surface area contributed by atoms with Crippen molar-refractivity contribution in [2.45, 2.75) is 6.92 Å². The number of carbonyl (C=O) groups excluding carboxylic acids is 1. The van der Waals surface area contributed by atoms with E-state index in [1.54, 1.807) is 31.4 Å². The van der Waals surface area contributed by atoms with Gasteiger partial charge in [0.15, 0.2) is 5.82 Å². The Morgan fingerprint density at radius 2 is 1.96 bits per heavy atom. The maximum absolute atomic E-state index is 12.7. The van der Waals surface area contributed by atoms with Crippen LogP contribution in [0.5, 0.6) is 11.5 Å². The zero-order valence-electron chi connectivity index (χ0n) is 14.6. The highest BCUT2D eigenvalue weighted by Crippen LogP contribution is 2.32. The quantitative estimate of drug-likeness (QED) is 0.700. The van der Waals surface area contributed by atoms with Gasteiger partial charge in [0.25, 0.3) is 5.91 Å². The summed E-state index contributed by atoms with van der Waals surface area (Å²) in [6.07, 6.45) is 0. The molecule has 0 bridgehead atoms. The van der Waals surface area contributed by atoms with Gasteiger partial charge in [-0.05, 0) is 36.8 Å². The smallest absolute Gasteiger partial charge is 0.260 e. The Kier molecular flexibility index (Phi) is 5.14. The Bertz CT molecular complexity index is 953. The Hall–Kier alpha value is -2.99. The van der Waals surface area contributed by atoms with Crippen LogP contribution >= 0.6 is 11.6 Å². The molecule has 0 spiro atoms. The number of aromatic amines is 1. The molecule has 0 saturated heterocycles. The molecule has 134 valence electrons. The lowest BCUT2D eigenvalue weighted by molar-refractivity contribution is 0.102. The van der Waals surface area contributed by atoms with E-state index in [-0.39, 0.29) is 5.91 Å². The molecule has 1 aromatic heterocycles. The summed E-state index contributed by atoms with van der Waals surface area (Å²) in [7, 11) is 3.06. The van der Waals surface area contributed by atoms with Gasteiger partial charge in [0, 0.05) is 22.3 Å². The molecule has 0 aliphatic rings. The first-order chi connectivity index (χ1) is 12.5. The predicted octanol–water partition coefficient (Wildman–Crippen LogP) is 4.31. The highest BCUT2D eigenvalue weighted by Gasteiger charge is 2.19. The molecule has 3 aromatic rings. The minimum Gasteiger partial charge on any atom is -0.497 e. The SMILES string of the molecule is COc1ccc(C(=O)Nc2n[nH]c(C)c2-c2cccc(Cl)c2)c(OC)c1. The van der Waals surface area contributed by atoms with Gasteiger partial charge in [-0.25, -0.2) is 0 Å². The molecular weight excluding hydrogens is 354 g/mol. The number of aryl methyl sites for hydroxylation is 1. The van der Waals surface area contributed by atoms with E-state index in [1.165, 1.54) is 7.11 Å². The minimum atomic E-state index is -0.334. The van der Waals surface area contributed by atoms with Gasteiger partial charge in [-0.1, -0.05) is 23.7 Å². The molecule has 2 aromatic carbocycles. The third-order valence-corrected chi connectivity index (χ3v) is 4.18. The Morgan fingerprint density at radius 1 is 1.15 bits per heavy atom. The molecule has 0 unspecified atom stereocenters. The van der Waals surface area contributed by atoms with E-state index in [1.807, 2.05) is 25.1 Å². The first-order valence-electron chi connectivity index (χ1n) is 7.87. The van der Waals surface area contributed by atoms with Crippen molar-refractivity contribution in [3.05, 3.63) is 58.7 Å². The van der Waals surface area contributed by atoms with E-state index < -0.39 is 0 Å². The summed E-state index contributed by atoms with van der Waals surface area (Å²) in [4.78, 5) is 12.7. The highest BCUT2D eigenvalue weighted by atomic mass is 35.5. The molecule has 0 fully saturated rings. The average Bonchev–Trinajstić information content (AvgIpc) is 3.01. The molecule has 3 rings (SSSR count). The van der Waals surface area contributed by atoms with Crippen LogP contribution in [0.3, 0.4) is 0 Å². The van der Waals surface area contributed by atoms with Crippen molar-refractivity contribution < 1.29 is 14.3 Å². The molecule has 6 nitrogen and oxygen atoms in total. The van der Waals surface area contributed by atoms with E-state index >= 15 is 0 Å². The zero-order chi connectivity index (χ0) is 18.7. The zero-order valence-corrected chi connectivity index (χ0v) is 15.3. The number of anilines is 1. The summed E-state index contributed by atoms with van der Waals surface area (Å²) in [5, 5.41) is 10.6. The third kappa shape index (κ3) is 3.50. The number of hydrogen-bond donors (Lipinski definition) is 2. The number of amides is 1. The van der Waals surface area contributed by atoms with Crippen LogP contribution in [-0.2, 0) is 0 Å². The van der Waals surface area contributed by atoms with Gasteiger partial charge < -0.3 is 14.8 Å². The molecule has 0 radical (unpaired) electrons. The van der Waals surface area contributed by atoms with Gasteiger partial charge in [-0.15, -0.1) is 0 Å². The molecule has 0 saturated carbocycles. The number of hydrogen-bond acceptors (Lipinski definition) is 4. The fourth-order valence-corrected chi connectivity index (χ4v) is 2.87. The monoisotopic (exact) mass is 371 g/mol. The Balaban J connectivity index is 1.94. The van der Waals surface area contributed by atoms with E-state index in [2.05, 4.69) is 15.5 Å². The van der Waals surface area contributed by atoms with Gasteiger partial charge in [-0.2, -0.15) is 5.10 Å². The second-order valence-electron chi connectivity index (χ2n) is 5.60. The van der Waals surface area contributed by atoms with Crippen molar-refractivity contribution in [2.75, 3.05) is 19.5 Å². The minimum absolute atomic E-state index is 0.334. The molecule has 0 aliphatic carbocycles.